The molecule has 0 saturated carbocycles. The van der Waals surface area contributed by atoms with Gasteiger partial charge in [-0.25, -0.2) is 0 Å². The Morgan fingerprint density at radius 3 is 2.06 bits per heavy atom. The lowest BCUT2D eigenvalue weighted by molar-refractivity contribution is 0.0806. The number of aryl methyl sites for hydroxylation is 2. The quantitative estimate of drug-likeness (QED) is 0.712. The first-order valence-corrected chi connectivity index (χ1v) is 5.54. The predicted octanol–water partition coefficient (Wildman–Crippen LogP) is 1.71. The summed E-state index contributed by atoms with van der Waals surface area (Å²) in [6.07, 6.45) is 0. The summed E-state index contributed by atoms with van der Waals surface area (Å²) < 4.78 is 0. The summed E-state index contributed by atoms with van der Waals surface area (Å²) in [4.78, 5) is 0. The van der Waals surface area contributed by atoms with E-state index in [9.17, 15) is 10.2 Å². The molecule has 3 heteroatoms. The smallest absolute Gasteiger partial charge is 0.0523 e. The molecule has 1 aromatic carbocycles. The molecule has 90 valence electrons. The van der Waals surface area contributed by atoms with E-state index in [-0.39, 0.29) is 13.2 Å². The zero-order valence-electron chi connectivity index (χ0n) is 10.2. The van der Waals surface area contributed by atoms with E-state index in [4.69, 9.17) is 0 Å². The van der Waals surface area contributed by atoms with Crippen molar-refractivity contribution in [2.75, 3.05) is 25.1 Å². The summed E-state index contributed by atoms with van der Waals surface area (Å²) in [5.74, 6) is 0. The molecule has 0 fully saturated rings. The van der Waals surface area contributed by atoms with Gasteiger partial charge in [-0.2, -0.15) is 0 Å². The summed E-state index contributed by atoms with van der Waals surface area (Å²) >= 11 is 0. The molecule has 0 unspecified atom stereocenters. The van der Waals surface area contributed by atoms with Gasteiger partial charge in [-0.1, -0.05) is 25.1 Å². The van der Waals surface area contributed by atoms with Crippen LogP contribution < -0.4 is 5.32 Å². The normalized spacial score (nSPS) is 11.6. The molecule has 3 N–H and O–H groups in total. The Labute approximate surface area is 97.1 Å². The first-order valence-electron chi connectivity index (χ1n) is 5.54. The van der Waals surface area contributed by atoms with E-state index < -0.39 is 5.41 Å². The number of anilines is 1. The topological polar surface area (TPSA) is 52.5 Å². The maximum absolute atomic E-state index is 9.20. The Kier molecular flexibility index (Phi) is 4.33. The van der Waals surface area contributed by atoms with Crippen molar-refractivity contribution in [2.45, 2.75) is 20.8 Å². The highest BCUT2D eigenvalue weighted by Gasteiger charge is 2.22. The van der Waals surface area contributed by atoms with Crippen LogP contribution in [-0.4, -0.2) is 30.0 Å². The molecule has 16 heavy (non-hydrogen) atoms. The summed E-state index contributed by atoms with van der Waals surface area (Å²) in [6, 6.07) is 6.11. The highest BCUT2D eigenvalue weighted by atomic mass is 16.3. The van der Waals surface area contributed by atoms with E-state index in [1.54, 1.807) is 0 Å². The number of benzene rings is 1. The molecule has 0 aromatic heterocycles. The zero-order valence-corrected chi connectivity index (χ0v) is 10.2. The number of hydrogen-bond acceptors (Lipinski definition) is 3. The third-order valence-corrected chi connectivity index (χ3v) is 2.94. The van der Waals surface area contributed by atoms with Gasteiger partial charge in [-0.05, 0) is 25.0 Å². The van der Waals surface area contributed by atoms with Gasteiger partial charge >= 0.3 is 0 Å². The second-order valence-electron chi connectivity index (χ2n) is 4.75. The highest BCUT2D eigenvalue weighted by Crippen LogP contribution is 2.22. The molecular formula is C13H21NO2. The van der Waals surface area contributed by atoms with E-state index in [0.29, 0.717) is 6.54 Å². The summed E-state index contributed by atoms with van der Waals surface area (Å²) in [6.45, 7) is 6.46. The molecule has 0 bridgehead atoms. The lowest BCUT2D eigenvalue weighted by Crippen LogP contribution is -2.34. The third kappa shape index (κ3) is 2.97. The maximum atomic E-state index is 9.20. The van der Waals surface area contributed by atoms with Crippen LogP contribution in [0.25, 0.3) is 0 Å². The van der Waals surface area contributed by atoms with Crippen molar-refractivity contribution in [1.29, 1.82) is 0 Å². The summed E-state index contributed by atoms with van der Waals surface area (Å²) in [7, 11) is 0. The number of para-hydroxylation sites is 1. The first-order chi connectivity index (χ1) is 7.52. The number of hydrogen-bond donors (Lipinski definition) is 3. The molecule has 0 heterocycles. The molecular weight excluding hydrogens is 202 g/mol. The van der Waals surface area contributed by atoms with Crippen LogP contribution in [0.15, 0.2) is 18.2 Å². The molecule has 0 aliphatic heterocycles. The number of nitrogens with one attached hydrogen (secondary N) is 1. The van der Waals surface area contributed by atoms with Gasteiger partial charge in [0.05, 0.1) is 13.2 Å². The van der Waals surface area contributed by atoms with Crippen molar-refractivity contribution in [2.24, 2.45) is 5.41 Å². The Morgan fingerprint density at radius 1 is 1.12 bits per heavy atom. The fraction of sp³-hybridized carbons (Fsp3) is 0.538. The van der Waals surface area contributed by atoms with Crippen LogP contribution in [0.3, 0.4) is 0 Å². The lowest BCUT2D eigenvalue weighted by Gasteiger charge is -2.26. The van der Waals surface area contributed by atoms with Gasteiger partial charge in [0.2, 0.25) is 0 Å². The first kappa shape index (κ1) is 13.0. The summed E-state index contributed by atoms with van der Waals surface area (Å²) in [5.41, 5.74) is 2.97. The molecule has 0 radical (unpaired) electrons. The number of aliphatic hydroxyl groups excluding tert-OH is 2. The van der Waals surface area contributed by atoms with Crippen LogP contribution in [0.2, 0.25) is 0 Å². The number of rotatable bonds is 5. The van der Waals surface area contributed by atoms with Crippen LogP contribution in [-0.2, 0) is 0 Å². The van der Waals surface area contributed by atoms with E-state index >= 15 is 0 Å². The van der Waals surface area contributed by atoms with Crippen LogP contribution in [0, 0.1) is 19.3 Å². The van der Waals surface area contributed by atoms with Gasteiger partial charge < -0.3 is 15.5 Å². The maximum Gasteiger partial charge on any atom is 0.0523 e. The van der Waals surface area contributed by atoms with Crippen molar-refractivity contribution in [3.8, 4) is 0 Å². The molecule has 1 aromatic rings. The van der Waals surface area contributed by atoms with E-state index in [1.165, 1.54) is 11.1 Å². The Balaban J connectivity index is 2.75. The Hall–Kier alpha value is -1.06. The van der Waals surface area contributed by atoms with Crippen molar-refractivity contribution < 1.29 is 10.2 Å². The predicted molar refractivity (Wildman–Crippen MR) is 66.7 cm³/mol. The van der Waals surface area contributed by atoms with Crippen molar-refractivity contribution >= 4 is 5.69 Å². The Bertz CT molecular complexity index is 326. The van der Waals surface area contributed by atoms with Crippen LogP contribution in [0.4, 0.5) is 5.69 Å². The fourth-order valence-electron chi connectivity index (χ4n) is 1.56. The van der Waals surface area contributed by atoms with Crippen LogP contribution >= 0.6 is 0 Å². The minimum atomic E-state index is -0.477. The standard InChI is InChI=1S/C13H21NO2/c1-10-5-4-6-11(2)12(10)14-7-13(3,8-15)9-16/h4-6,14-16H,7-9H2,1-3H3. The third-order valence-electron chi connectivity index (χ3n) is 2.94. The number of aliphatic hydroxyl groups is 2. The van der Waals surface area contributed by atoms with Gasteiger partial charge in [0.1, 0.15) is 0 Å². The zero-order chi connectivity index (χ0) is 12.2. The minimum Gasteiger partial charge on any atom is -0.396 e. The monoisotopic (exact) mass is 223 g/mol. The average Bonchev–Trinajstić information content (AvgIpc) is 2.28. The molecule has 0 amide bonds. The van der Waals surface area contributed by atoms with E-state index in [2.05, 4.69) is 5.32 Å². The molecule has 3 nitrogen and oxygen atoms in total. The van der Waals surface area contributed by atoms with Gasteiger partial charge in [-0.15, -0.1) is 0 Å². The molecule has 0 saturated heterocycles. The molecule has 1 rings (SSSR count). The van der Waals surface area contributed by atoms with Crippen molar-refractivity contribution in [3.63, 3.8) is 0 Å². The molecule has 0 aliphatic rings. The van der Waals surface area contributed by atoms with Gasteiger partial charge in [0.15, 0.2) is 0 Å². The van der Waals surface area contributed by atoms with Gasteiger partial charge in [0, 0.05) is 17.6 Å². The van der Waals surface area contributed by atoms with E-state index in [0.717, 1.165) is 5.69 Å². The molecule has 0 spiro atoms. The van der Waals surface area contributed by atoms with Crippen molar-refractivity contribution in [1.82, 2.24) is 0 Å². The van der Waals surface area contributed by atoms with Crippen LogP contribution in [0.1, 0.15) is 18.1 Å². The lowest BCUT2D eigenvalue weighted by atomic mass is 9.92. The summed E-state index contributed by atoms with van der Waals surface area (Å²) in [5, 5.41) is 21.7. The fourth-order valence-corrected chi connectivity index (χ4v) is 1.56. The van der Waals surface area contributed by atoms with Crippen molar-refractivity contribution in [3.05, 3.63) is 29.3 Å². The molecule has 0 atom stereocenters. The average molecular weight is 223 g/mol. The highest BCUT2D eigenvalue weighted by molar-refractivity contribution is 5.56. The molecule has 0 aliphatic carbocycles. The largest absolute Gasteiger partial charge is 0.396 e. The SMILES string of the molecule is Cc1cccc(C)c1NCC(C)(CO)CO. The second-order valence-corrected chi connectivity index (χ2v) is 4.75. The van der Waals surface area contributed by atoms with Gasteiger partial charge in [0.25, 0.3) is 0 Å². The second kappa shape index (κ2) is 5.32. The van der Waals surface area contributed by atoms with Gasteiger partial charge in [-0.3, -0.25) is 0 Å². The van der Waals surface area contributed by atoms with E-state index in [1.807, 2.05) is 39.0 Å². The minimum absolute atomic E-state index is 0.0264. The Morgan fingerprint density at radius 2 is 1.62 bits per heavy atom. The van der Waals surface area contributed by atoms with Crippen LogP contribution in [0.5, 0.6) is 0 Å².